The first kappa shape index (κ1) is 18.5. The van der Waals surface area contributed by atoms with Crippen molar-refractivity contribution in [1.82, 2.24) is 14.5 Å². The summed E-state index contributed by atoms with van der Waals surface area (Å²) in [7, 11) is 5.96. The Morgan fingerprint density at radius 3 is 2.70 bits per heavy atom. The van der Waals surface area contributed by atoms with E-state index in [1.165, 1.54) is 0 Å². The second kappa shape index (κ2) is 7.94. The molecular formula is C21H23N5O. The van der Waals surface area contributed by atoms with Gasteiger partial charge >= 0.3 is 0 Å². The zero-order valence-corrected chi connectivity index (χ0v) is 15.8. The van der Waals surface area contributed by atoms with Crippen LogP contribution in [0.2, 0.25) is 0 Å². The van der Waals surface area contributed by atoms with E-state index in [1.807, 2.05) is 74.5 Å². The first-order valence-electron chi connectivity index (χ1n) is 8.69. The predicted molar refractivity (Wildman–Crippen MR) is 107 cm³/mol. The summed E-state index contributed by atoms with van der Waals surface area (Å²) in [4.78, 5) is 6.47. The number of benzene rings is 1. The van der Waals surface area contributed by atoms with Crippen molar-refractivity contribution in [3.63, 3.8) is 0 Å². The predicted octanol–water partition coefficient (Wildman–Crippen LogP) is 3.15. The van der Waals surface area contributed by atoms with Crippen LogP contribution in [-0.4, -0.2) is 41.7 Å². The van der Waals surface area contributed by atoms with E-state index < -0.39 is 0 Å². The molecule has 0 spiro atoms. The molecule has 0 fully saturated rings. The summed E-state index contributed by atoms with van der Waals surface area (Å²) in [5, 5.41) is 9.59. The Morgan fingerprint density at radius 1 is 1.22 bits per heavy atom. The topological polar surface area (TPSA) is 80.1 Å². The maximum absolute atomic E-state index is 9.59. The Bertz CT molecular complexity index is 984. The number of nitrogens with two attached hydrogens (primary N) is 1. The van der Waals surface area contributed by atoms with Crippen LogP contribution in [0.5, 0.6) is 5.75 Å². The van der Waals surface area contributed by atoms with E-state index in [1.54, 1.807) is 0 Å². The highest BCUT2D eigenvalue weighted by Crippen LogP contribution is 2.32. The Morgan fingerprint density at radius 2 is 2.04 bits per heavy atom. The number of aryl methyl sites for hydroxylation is 1. The van der Waals surface area contributed by atoms with Crippen molar-refractivity contribution >= 4 is 5.82 Å². The number of rotatable bonds is 6. The van der Waals surface area contributed by atoms with Gasteiger partial charge in [0.25, 0.3) is 0 Å². The molecule has 0 aliphatic heterocycles. The van der Waals surface area contributed by atoms with E-state index in [0.717, 1.165) is 34.7 Å². The fraction of sp³-hybridized carbons (Fsp3) is 0.238. The summed E-state index contributed by atoms with van der Waals surface area (Å²) in [5.74, 6) is 0.989. The molecule has 0 bridgehead atoms. The Balaban J connectivity index is 2.00. The minimum Gasteiger partial charge on any atom is -0.492 e. The Hall–Kier alpha value is -3.30. The van der Waals surface area contributed by atoms with Crippen LogP contribution in [0.1, 0.15) is 5.56 Å². The molecule has 27 heavy (non-hydrogen) atoms. The number of likely N-dealkylation sites (N-methyl/N-ethyl adjacent to an activating group) is 1. The smallest absolute Gasteiger partial charge is 0.142 e. The van der Waals surface area contributed by atoms with Crippen LogP contribution in [0, 0.1) is 11.3 Å². The van der Waals surface area contributed by atoms with Gasteiger partial charge in [0, 0.05) is 37.1 Å². The molecule has 0 saturated carbocycles. The first-order chi connectivity index (χ1) is 13.0. The van der Waals surface area contributed by atoms with Crippen LogP contribution in [-0.2, 0) is 7.05 Å². The van der Waals surface area contributed by atoms with Crippen LogP contribution in [0.3, 0.4) is 0 Å². The molecule has 1 aromatic carbocycles. The molecule has 2 aromatic heterocycles. The van der Waals surface area contributed by atoms with Gasteiger partial charge in [0.2, 0.25) is 0 Å². The van der Waals surface area contributed by atoms with E-state index >= 15 is 0 Å². The van der Waals surface area contributed by atoms with Crippen LogP contribution in [0.25, 0.3) is 22.4 Å². The Kier molecular flexibility index (Phi) is 5.43. The molecule has 0 aliphatic carbocycles. The molecule has 0 amide bonds. The summed E-state index contributed by atoms with van der Waals surface area (Å²) < 4.78 is 7.77. The molecule has 3 rings (SSSR count). The molecule has 0 atom stereocenters. The third-order valence-electron chi connectivity index (χ3n) is 4.24. The van der Waals surface area contributed by atoms with Gasteiger partial charge in [-0.25, -0.2) is 4.98 Å². The van der Waals surface area contributed by atoms with Crippen molar-refractivity contribution in [1.29, 1.82) is 5.26 Å². The number of hydrogen-bond acceptors (Lipinski definition) is 5. The van der Waals surface area contributed by atoms with Gasteiger partial charge < -0.3 is 19.9 Å². The lowest BCUT2D eigenvalue weighted by Crippen LogP contribution is -2.19. The summed E-state index contributed by atoms with van der Waals surface area (Å²) >= 11 is 0. The fourth-order valence-corrected chi connectivity index (χ4v) is 2.81. The number of aromatic nitrogens is 2. The number of ether oxygens (including phenoxy) is 1. The number of hydrogen-bond donors (Lipinski definition) is 1. The maximum Gasteiger partial charge on any atom is 0.142 e. The van der Waals surface area contributed by atoms with E-state index in [-0.39, 0.29) is 5.82 Å². The second-order valence-electron chi connectivity index (χ2n) is 6.67. The van der Waals surface area contributed by atoms with E-state index in [4.69, 9.17) is 10.5 Å². The van der Waals surface area contributed by atoms with Crippen LogP contribution in [0.4, 0.5) is 5.82 Å². The third-order valence-corrected chi connectivity index (χ3v) is 4.24. The second-order valence-corrected chi connectivity index (χ2v) is 6.67. The van der Waals surface area contributed by atoms with Crippen molar-refractivity contribution < 1.29 is 4.74 Å². The van der Waals surface area contributed by atoms with Gasteiger partial charge in [-0.2, -0.15) is 5.26 Å². The zero-order chi connectivity index (χ0) is 19.4. The lowest BCUT2D eigenvalue weighted by atomic mass is 9.99. The lowest BCUT2D eigenvalue weighted by Gasteiger charge is -2.13. The van der Waals surface area contributed by atoms with Gasteiger partial charge in [-0.1, -0.05) is 12.1 Å². The zero-order valence-electron chi connectivity index (χ0n) is 15.8. The highest BCUT2D eigenvalue weighted by atomic mass is 16.5. The van der Waals surface area contributed by atoms with Crippen molar-refractivity contribution in [2.24, 2.45) is 7.05 Å². The van der Waals surface area contributed by atoms with Gasteiger partial charge in [-0.3, -0.25) is 0 Å². The highest BCUT2D eigenvalue weighted by Gasteiger charge is 2.14. The molecule has 6 nitrogen and oxygen atoms in total. The summed E-state index contributed by atoms with van der Waals surface area (Å²) in [6, 6.07) is 13.8. The van der Waals surface area contributed by atoms with Gasteiger partial charge in [0.05, 0.1) is 5.69 Å². The van der Waals surface area contributed by atoms with Gasteiger partial charge in [0.1, 0.15) is 29.8 Å². The van der Waals surface area contributed by atoms with Crippen molar-refractivity contribution in [2.45, 2.75) is 0 Å². The normalized spacial score (nSPS) is 10.8. The van der Waals surface area contributed by atoms with E-state index in [9.17, 15) is 5.26 Å². The molecule has 0 radical (unpaired) electrons. The maximum atomic E-state index is 9.59. The number of nitriles is 1. The monoisotopic (exact) mass is 361 g/mol. The largest absolute Gasteiger partial charge is 0.492 e. The van der Waals surface area contributed by atoms with E-state index in [0.29, 0.717) is 12.2 Å². The van der Waals surface area contributed by atoms with Gasteiger partial charge in [-0.05, 0) is 43.9 Å². The van der Waals surface area contributed by atoms with Crippen molar-refractivity contribution in [3.8, 4) is 34.2 Å². The standard InChI is InChI=1S/C21H23N5O/c1-25(2)9-10-27-17-6-4-5-15(11-17)18-12-20(16-7-8-26(3)14-16)24-21(23)19(18)13-22/h4-8,11-12,14H,9-10H2,1-3H3,(H2,23,24). The molecule has 6 heteroatoms. The van der Waals surface area contributed by atoms with E-state index in [2.05, 4.69) is 16.0 Å². The molecule has 2 heterocycles. The van der Waals surface area contributed by atoms with Gasteiger partial charge in [-0.15, -0.1) is 0 Å². The fourth-order valence-electron chi connectivity index (χ4n) is 2.81. The summed E-state index contributed by atoms with van der Waals surface area (Å²) in [5.41, 5.74) is 9.78. The number of nitrogens with zero attached hydrogens (tertiary/aromatic N) is 4. The van der Waals surface area contributed by atoms with Crippen molar-refractivity contribution in [3.05, 3.63) is 54.4 Å². The lowest BCUT2D eigenvalue weighted by molar-refractivity contribution is 0.261. The average Bonchev–Trinajstić information content (AvgIpc) is 3.07. The minimum atomic E-state index is 0.229. The molecule has 0 aliphatic rings. The SMILES string of the molecule is CN(C)CCOc1cccc(-c2cc(-c3ccn(C)c3)nc(N)c2C#N)c1. The summed E-state index contributed by atoms with van der Waals surface area (Å²) in [6.45, 7) is 1.42. The van der Waals surface area contributed by atoms with Crippen LogP contribution < -0.4 is 10.5 Å². The van der Waals surface area contributed by atoms with Crippen LogP contribution >= 0.6 is 0 Å². The molecular weight excluding hydrogens is 338 g/mol. The first-order valence-corrected chi connectivity index (χ1v) is 8.69. The molecule has 2 N–H and O–H groups in total. The highest BCUT2D eigenvalue weighted by molar-refractivity contribution is 5.80. The quantitative estimate of drug-likeness (QED) is 0.729. The average molecular weight is 361 g/mol. The molecule has 0 unspecified atom stereocenters. The molecule has 138 valence electrons. The van der Waals surface area contributed by atoms with Gasteiger partial charge in [0.15, 0.2) is 0 Å². The minimum absolute atomic E-state index is 0.229. The molecule has 0 saturated heterocycles. The Labute approximate surface area is 159 Å². The summed E-state index contributed by atoms with van der Waals surface area (Å²) in [6.07, 6.45) is 3.92. The van der Waals surface area contributed by atoms with Crippen LogP contribution in [0.15, 0.2) is 48.8 Å². The third kappa shape index (κ3) is 4.27. The van der Waals surface area contributed by atoms with Crippen molar-refractivity contribution in [2.75, 3.05) is 33.0 Å². The number of nitrogen functional groups attached to an aromatic ring is 1. The molecule has 3 aromatic rings. The number of anilines is 1. The number of pyridine rings is 1.